The van der Waals surface area contributed by atoms with Crippen LogP contribution in [0.2, 0.25) is 0 Å². The second-order valence-corrected chi connectivity index (χ2v) is 17.2. The summed E-state index contributed by atoms with van der Waals surface area (Å²) < 4.78 is 145. The normalized spacial score (nSPS) is 19.7. The van der Waals surface area contributed by atoms with Crippen molar-refractivity contribution in [3.05, 3.63) is 122 Å². The molecule has 0 aliphatic carbocycles. The molecule has 6 aromatic rings. The van der Waals surface area contributed by atoms with E-state index in [1.54, 1.807) is 0 Å². The number of rotatable bonds is 6. The average molecular weight is 988 g/mol. The Hall–Kier alpha value is -7.47. The lowest BCUT2D eigenvalue weighted by Gasteiger charge is -2.24. The third kappa shape index (κ3) is 8.32. The number of carboxylic acid groups (broad SMARTS) is 2. The van der Waals surface area contributed by atoms with Gasteiger partial charge in [0.15, 0.2) is 40.6 Å². The van der Waals surface area contributed by atoms with Gasteiger partial charge in [-0.15, -0.1) is 0 Å². The van der Waals surface area contributed by atoms with Crippen molar-refractivity contribution < 1.29 is 68.8 Å². The number of pyridine rings is 2. The van der Waals surface area contributed by atoms with Gasteiger partial charge in [0, 0.05) is 50.4 Å². The predicted molar refractivity (Wildman–Crippen MR) is 234 cm³/mol. The first-order chi connectivity index (χ1) is 33.3. The first-order valence-electron chi connectivity index (χ1n) is 21.6. The number of hydrogen-bond donors (Lipinski definition) is 5. The number of halogens is 9. The van der Waals surface area contributed by atoms with Crippen molar-refractivity contribution in [1.82, 2.24) is 19.8 Å². The van der Waals surface area contributed by atoms with E-state index < -0.39 is 137 Å². The summed E-state index contributed by atoms with van der Waals surface area (Å²) in [5.41, 5.74) is -1.03. The Labute approximate surface area is 388 Å². The van der Waals surface area contributed by atoms with Gasteiger partial charge in [0.05, 0.1) is 51.3 Å². The molecule has 368 valence electrons. The summed E-state index contributed by atoms with van der Waals surface area (Å²) in [4.78, 5) is 50.7. The van der Waals surface area contributed by atoms with Crippen LogP contribution in [-0.2, 0) is 0 Å². The standard InChI is InChI=1S/C23H18F5N3O4.C23H20F4N4O4/c24-11-3-4-14(12(25)6-11)31-9-15(35-23(33)34)22(32)16-17(26)18(27)21(19(28)20(16)31)30-7-10-2-1-5-29-13(10)8-30;24-11-3-4-14(12(25)6-11)31-9-15(35-23(33)34)22(32)16-19(28)17(26)21(18(27)20(16)31)30-7-10-2-1-5-29-13(10)8-30/h3-4,6,9-10,13,29H,1-2,5,7-8H2,(H,33,34);3-4,6,9-10,13,29H,1-2,5,7-8,28H2,(H,33,34). The van der Waals surface area contributed by atoms with E-state index in [0.29, 0.717) is 36.0 Å². The molecule has 2 aromatic heterocycles. The summed E-state index contributed by atoms with van der Waals surface area (Å²) in [5.74, 6) is -13.0. The molecule has 24 heteroatoms. The Balaban J connectivity index is 0.000000174. The third-order valence-corrected chi connectivity index (χ3v) is 13.1. The molecule has 4 aromatic carbocycles. The molecule has 4 aliphatic rings. The number of nitrogen functional groups attached to an aromatic ring is 1. The van der Waals surface area contributed by atoms with E-state index in [2.05, 4.69) is 20.1 Å². The zero-order chi connectivity index (χ0) is 50.0. The number of aromatic nitrogens is 2. The van der Waals surface area contributed by atoms with Gasteiger partial charge in [-0.05, 0) is 74.9 Å². The summed E-state index contributed by atoms with van der Waals surface area (Å²) in [6, 6.07) is 4.51. The van der Waals surface area contributed by atoms with Gasteiger partial charge in [-0.3, -0.25) is 9.59 Å². The van der Waals surface area contributed by atoms with Crippen molar-refractivity contribution in [2.75, 3.05) is 54.8 Å². The van der Waals surface area contributed by atoms with Gasteiger partial charge in [-0.2, -0.15) is 0 Å². The number of benzene rings is 4. The van der Waals surface area contributed by atoms with Gasteiger partial charge in [0.1, 0.15) is 34.6 Å². The van der Waals surface area contributed by atoms with Crippen molar-refractivity contribution in [3.8, 4) is 22.9 Å². The Bertz CT molecular complexity index is 3040. The van der Waals surface area contributed by atoms with Crippen LogP contribution in [0.15, 0.2) is 58.4 Å². The monoisotopic (exact) mass is 987 g/mol. The summed E-state index contributed by atoms with van der Waals surface area (Å²) in [6.07, 6.45) is 1.05. The van der Waals surface area contributed by atoms with Gasteiger partial charge in [0.25, 0.3) is 0 Å². The molecule has 0 bridgehead atoms. The number of fused-ring (bicyclic) bond motifs is 4. The second kappa shape index (κ2) is 18.5. The van der Waals surface area contributed by atoms with Gasteiger partial charge >= 0.3 is 12.3 Å². The molecule has 6 N–H and O–H groups in total. The van der Waals surface area contributed by atoms with Gasteiger partial charge in [-0.1, -0.05) is 0 Å². The van der Waals surface area contributed by atoms with Crippen LogP contribution in [-0.4, -0.2) is 83.0 Å². The molecule has 10 rings (SSSR count). The van der Waals surface area contributed by atoms with Gasteiger partial charge in [-0.25, -0.2) is 49.1 Å². The number of anilines is 3. The van der Waals surface area contributed by atoms with E-state index in [1.807, 2.05) is 0 Å². The molecule has 0 saturated carbocycles. The summed E-state index contributed by atoms with van der Waals surface area (Å²) in [7, 11) is 0. The van der Waals surface area contributed by atoms with E-state index in [4.69, 9.17) is 15.9 Å². The quantitative estimate of drug-likeness (QED) is 0.0484. The number of nitrogens with two attached hydrogens (primary N) is 1. The first kappa shape index (κ1) is 47.6. The number of hydrogen-bond acceptors (Lipinski definition) is 11. The highest BCUT2D eigenvalue weighted by Crippen LogP contribution is 2.41. The molecular weight excluding hydrogens is 950 g/mol. The maximum Gasteiger partial charge on any atom is 0.511 e. The molecule has 0 amide bonds. The van der Waals surface area contributed by atoms with E-state index in [9.17, 15) is 36.7 Å². The summed E-state index contributed by atoms with van der Waals surface area (Å²) in [5, 5.41) is 22.6. The molecule has 4 fully saturated rings. The van der Waals surface area contributed by atoms with Gasteiger partial charge in [0.2, 0.25) is 10.9 Å². The number of carbonyl (C=O) groups is 2. The lowest BCUT2D eigenvalue weighted by molar-refractivity contribution is 0.142. The number of piperidine rings is 2. The average Bonchev–Trinajstić information content (AvgIpc) is 3.93. The molecule has 4 aliphatic heterocycles. The van der Waals surface area contributed by atoms with Crippen LogP contribution < -0.4 is 46.5 Å². The highest BCUT2D eigenvalue weighted by molar-refractivity contribution is 5.97. The van der Waals surface area contributed by atoms with Crippen LogP contribution in [0.25, 0.3) is 33.2 Å². The Morgan fingerprint density at radius 3 is 1.44 bits per heavy atom. The molecule has 4 atom stereocenters. The fraction of sp³-hybridized carbons (Fsp3) is 0.304. The second-order valence-electron chi connectivity index (χ2n) is 17.2. The van der Waals surface area contributed by atoms with E-state index >= 15 is 22.0 Å². The maximum atomic E-state index is 16.1. The Morgan fingerprint density at radius 2 is 1.01 bits per heavy atom. The van der Waals surface area contributed by atoms with Crippen LogP contribution in [0.3, 0.4) is 0 Å². The molecule has 6 heterocycles. The number of nitrogens with one attached hydrogen (secondary N) is 2. The van der Waals surface area contributed by atoms with Crippen LogP contribution in [0.5, 0.6) is 11.5 Å². The van der Waals surface area contributed by atoms with E-state index in [1.165, 1.54) is 9.80 Å². The fourth-order valence-corrected chi connectivity index (χ4v) is 10.0. The Morgan fingerprint density at radius 1 is 0.586 bits per heavy atom. The topological polar surface area (TPSA) is 194 Å². The van der Waals surface area contributed by atoms with E-state index in [-0.39, 0.29) is 37.0 Å². The van der Waals surface area contributed by atoms with Crippen LogP contribution in [0.4, 0.5) is 66.2 Å². The molecule has 4 saturated heterocycles. The SMILES string of the molecule is Nc1c(F)c(N2CC3CCCNC3C2)c(F)c2c1c(=O)c(OC(=O)O)cn2-c1ccc(F)cc1F.O=C(O)Oc1cn(-c2ccc(F)cc2F)c2c(F)c(N3CC4CCCNC4C3)c(F)c(F)c2c1=O. The minimum Gasteiger partial charge on any atom is -0.449 e. The van der Waals surface area contributed by atoms with Crippen LogP contribution in [0, 0.1) is 64.2 Å². The van der Waals surface area contributed by atoms with Crippen molar-refractivity contribution in [2.45, 2.75) is 37.8 Å². The van der Waals surface area contributed by atoms with E-state index in [0.717, 1.165) is 73.8 Å². The lowest BCUT2D eigenvalue weighted by Crippen LogP contribution is -2.40. The Kier molecular flexibility index (Phi) is 12.5. The van der Waals surface area contributed by atoms with Crippen molar-refractivity contribution >= 4 is 51.2 Å². The number of ether oxygens (including phenoxy) is 2. The molecule has 70 heavy (non-hydrogen) atoms. The predicted octanol–water partition coefficient (Wildman–Crippen LogP) is 7.31. The third-order valence-electron chi connectivity index (χ3n) is 13.1. The van der Waals surface area contributed by atoms with Crippen molar-refractivity contribution in [1.29, 1.82) is 0 Å². The maximum absolute atomic E-state index is 16.1. The van der Waals surface area contributed by atoms with Crippen LogP contribution in [0.1, 0.15) is 25.7 Å². The highest BCUT2D eigenvalue weighted by Gasteiger charge is 2.40. The largest absolute Gasteiger partial charge is 0.511 e. The van der Waals surface area contributed by atoms with Crippen molar-refractivity contribution in [2.24, 2.45) is 11.8 Å². The first-order valence-corrected chi connectivity index (χ1v) is 21.6. The summed E-state index contributed by atoms with van der Waals surface area (Å²) in [6.45, 7) is 2.56. The molecule has 4 unspecified atom stereocenters. The minimum atomic E-state index is -1.96. The molecular formula is C46H38F9N7O8. The molecule has 0 radical (unpaired) electrons. The zero-order valence-corrected chi connectivity index (χ0v) is 36.1. The summed E-state index contributed by atoms with van der Waals surface area (Å²) >= 11 is 0. The zero-order valence-electron chi connectivity index (χ0n) is 36.1. The van der Waals surface area contributed by atoms with Crippen LogP contribution >= 0.6 is 0 Å². The fourth-order valence-electron chi connectivity index (χ4n) is 10.0. The molecule has 15 nitrogen and oxygen atoms in total. The lowest BCUT2D eigenvalue weighted by atomic mass is 9.94. The molecule has 0 spiro atoms. The highest BCUT2D eigenvalue weighted by atomic mass is 19.2. The minimum absolute atomic E-state index is 0.0162. The number of nitrogens with zero attached hydrogens (tertiary/aromatic N) is 4. The van der Waals surface area contributed by atoms with Gasteiger partial charge < -0.3 is 55.0 Å². The smallest absolute Gasteiger partial charge is 0.449 e. The van der Waals surface area contributed by atoms with Crippen molar-refractivity contribution in [3.63, 3.8) is 0 Å².